The van der Waals surface area contributed by atoms with E-state index in [-0.39, 0.29) is 5.54 Å². The number of hydrogen-bond acceptors (Lipinski definition) is 2. The second-order valence-electron chi connectivity index (χ2n) is 4.95. The maximum atomic E-state index is 6.61. The zero-order chi connectivity index (χ0) is 12.5. The van der Waals surface area contributed by atoms with Crippen molar-refractivity contribution < 1.29 is 0 Å². The van der Waals surface area contributed by atoms with E-state index in [0.717, 1.165) is 11.8 Å². The second kappa shape index (κ2) is 4.46. The number of rotatable bonds is 3. The zero-order valence-electron chi connectivity index (χ0n) is 10.8. The van der Waals surface area contributed by atoms with Gasteiger partial charge in [0.15, 0.2) is 0 Å². The van der Waals surface area contributed by atoms with Crippen LogP contribution in [0.25, 0.3) is 10.8 Å². The molecule has 0 aliphatic rings. The number of hydrogen-bond donors (Lipinski definition) is 1. The second-order valence-corrected chi connectivity index (χ2v) is 4.95. The fourth-order valence-corrected chi connectivity index (χ4v) is 2.44. The van der Waals surface area contributed by atoms with Crippen molar-refractivity contribution in [3.05, 3.63) is 42.2 Å². The van der Waals surface area contributed by atoms with E-state index in [0.29, 0.717) is 5.92 Å². The van der Waals surface area contributed by atoms with Crippen molar-refractivity contribution in [2.24, 2.45) is 11.7 Å². The van der Waals surface area contributed by atoms with Gasteiger partial charge in [-0.25, -0.2) is 0 Å². The molecule has 0 fully saturated rings. The van der Waals surface area contributed by atoms with Crippen LogP contribution < -0.4 is 5.73 Å². The fourth-order valence-electron chi connectivity index (χ4n) is 2.44. The maximum absolute atomic E-state index is 6.61. The first-order valence-corrected chi connectivity index (χ1v) is 6.21. The lowest BCUT2D eigenvalue weighted by Crippen LogP contribution is -2.41. The number of benzene rings is 1. The van der Waals surface area contributed by atoms with Crippen molar-refractivity contribution >= 4 is 10.8 Å². The highest BCUT2D eigenvalue weighted by Gasteiger charge is 2.30. The van der Waals surface area contributed by atoms with Crippen LogP contribution in [0, 0.1) is 5.92 Å². The van der Waals surface area contributed by atoms with Crippen molar-refractivity contribution in [1.82, 2.24) is 4.98 Å². The number of nitrogens with zero attached hydrogens (tertiary/aromatic N) is 1. The molecule has 2 N–H and O–H groups in total. The Morgan fingerprint density at radius 2 is 2.06 bits per heavy atom. The molecule has 17 heavy (non-hydrogen) atoms. The molecule has 1 aromatic carbocycles. The van der Waals surface area contributed by atoms with Crippen LogP contribution in [0.1, 0.15) is 32.8 Å². The molecule has 0 aliphatic heterocycles. The molecular weight excluding hydrogens is 208 g/mol. The molecule has 2 rings (SSSR count). The smallest absolute Gasteiger partial charge is 0.0436 e. The Bertz CT molecular complexity index is 514. The molecule has 0 radical (unpaired) electrons. The monoisotopic (exact) mass is 228 g/mol. The Labute approximate surface area is 103 Å². The summed E-state index contributed by atoms with van der Waals surface area (Å²) in [7, 11) is 0. The molecule has 2 nitrogen and oxygen atoms in total. The summed E-state index contributed by atoms with van der Waals surface area (Å²) in [4.78, 5) is 4.17. The number of aromatic nitrogens is 1. The predicted molar refractivity (Wildman–Crippen MR) is 72.7 cm³/mol. The highest BCUT2D eigenvalue weighted by Crippen LogP contribution is 2.34. The van der Waals surface area contributed by atoms with Gasteiger partial charge < -0.3 is 5.73 Å². The zero-order valence-corrected chi connectivity index (χ0v) is 10.8. The van der Waals surface area contributed by atoms with E-state index >= 15 is 0 Å². The number of fused-ring (bicyclic) bond motifs is 1. The van der Waals surface area contributed by atoms with Crippen LogP contribution in [0.15, 0.2) is 36.7 Å². The summed E-state index contributed by atoms with van der Waals surface area (Å²) in [6.07, 6.45) is 4.67. The van der Waals surface area contributed by atoms with Gasteiger partial charge in [-0.05, 0) is 29.4 Å². The maximum Gasteiger partial charge on any atom is 0.0436 e. The SMILES string of the molecule is CCC(N)(c1cccc2cnccc12)C(C)C. The summed E-state index contributed by atoms with van der Waals surface area (Å²) in [5, 5.41) is 2.38. The van der Waals surface area contributed by atoms with Crippen LogP contribution in [0.3, 0.4) is 0 Å². The van der Waals surface area contributed by atoms with E-state index in [2.05, 4.69) is 50.0 Å². The summed E-state index contributed by atoms with van der Waals surface area (Å²) in [5.74, 6) is 0.409. The van der Waals surface area contributed by atoms with Crippen molar-refractivity contribution in [3.8, 4) is 0 Å². The molecule has 0 bridgehead atoms. The summed E-state index contributed by atoms with van der Waals surface area (Å²) in [5.41, 5.74) is 7.58. The Morgan fingerprint density at radius 3 is 2.71 bits per heavy atom. The predicted octanol–water partition coefficient (Wildman–Crippen LogP) is 3.45. The van der Waals surface area contributed by atoms with Gasteiger partial charge in [0, 0.05) is 23.3 Å². The van der Waals surface area contributed by atoms with Gasteiger partial charge in [0.2, 0.25) is 0 Å². The molecule has 90 valence electrons. The molecule has 1 unspecified atom stereocenters. The first-order valence-electron chi connectivity index (χ1n) is 6.21. The Hall–Kier alpha value is -1.41. The van der Waals surface area contributed by atoms with E-state index in [1.165, 1.54) is 10.9 Å². The molecule has 0 spiro atoms. The summed E-state index contributed by atoms with van der Waals surface area (Å²) >= 11 is 0. The lowest BCUT2D eigenvalue weighted by molar-refractivity contribution is 0.308. The van der Waals surface area contributed by atoms with Gasteiger partial charge in [-0.1, -0.05) is 39.0 Å². The van der Waals surface area contributed by atoms with Gasteiger partial charge >= 0.3 is 0 Å². The van der Waals surface area contributed by atoms with Crippen LogP contribution in [0.5, 0.6) is 0 Å². The normalized spacial score (nSPS) is 15.1. The third-order valence-corrected chi connectivity index (χ3v) is 3.80. The molecule has 1 atom stereocenters. The van der Waals surface area contributed by atoms with Crippen LogP contribution in [0.2, 0.25) is 0 Å². The minimum atomic E-state index is -0.263. The van der Waals surface area contributed by atoms with Gasteiger partial charge in [-0.15, -0.1) is 0 Å². The van der Waals surface area contributed by atoms with E-state index < -0.39 is 0 Å². The standard InChI is InChI=1S/C15H20N2/c1-4-15(16,11(2)3)14-7-5-6-12-10-17-9-8-13(12)14/h5-11H,4,16H2,1-3H3. The highest BCUT2D eigenvalue weighted by atomic mass is 14.8. The lowest BCUT2D eigenvalue weighted by atomic mass is 9.77. The molecule has 2 aromatic rings. The molecular formula is C15H20N2. The lowest BCUT2D eigenvalue weighted by Gasteiger charge is -2.34. The molecule has 0 aliphatic carbocycles. The summed E-state index contributed by atoms with van der Waals surface area (Å²) in [6, 6.07) is 8.36. The molecule has 0 saturated carbocycles. The van der Waals surface area contributed by atoms with Crippen LogP contribution in [-0.4, -0.2) is 4.98 Å². The summed E-state index contributed by atoms with van der Waals surface area (Å²) in [6.45, 7) is 6.52. The Kier molecular flexibility index (Phi) is 3.16. The Balaban J connectivity index is 2.70. The Morgan fingerprint density at radius 1 is 1.29 bits per heavy atom. The molecule has 2 heteroatoms. The third kappa shape index (κ3) is 1.93. The third-order valence-electron chi connectivity index (χ3n) is 3.80. The first-order chi connectivity index (χ1) is 8.09. The van der Waals surface area contributed by atoms with Gasteiger partial charge in [0.25, 0.3) is 0 Å². The van der Waals surface area contributed by atoms with Crippen molar-refractivity contribution in [2.45, 2.75) is 32.7 Å². The molecule has 0 saturated heterocycles. The minimum Gasteiger partial charge on any atom is -0.321 e. The van der Waals surface area contributed by atoms with E-state index in [4.69, 9.17) is 5.73 Å². The summed E-state index contributed by atoms with van der Waals surface area (Å²) < 4.78 is 0. The first kappa shape index (κ1) is 12.1. The van der Waals surface area contributed by atoms with E-state index in [1.807, 2.05) is 12.4 Å². The van der Waals surface area contributed by atoms with Crippen LogP contribution in [-0.2, 0) is 5.54 Å². The van der Waals surface area contributed by atoms with Gasteiger partial charge in [-0.3, -0.25) is 4.98 Å². The van der Waals surface area contributed by atoms with Crippen LogP contribution in [0.4, 0.5) is 0 Å². The highest BCUT2D eigenvalue weighted by molar-refractivity contribution is 5.85. The minimum absolute atomic E-state index is 0.263. The molecule has 1 aromatic heterocycles. The average Bonchev–Trinajstić information content (AvgIpc) is 2.37. The van der Waals surface area contributed by atoms with Crippen molar-refractivity contribution in [1.29, 1.82) is 0 Å². The number of pyridine rings is 1. The molecule has 1 heterocycles. The van der Waals surface area contributed by atoms with Crippen molar-refractivity contribution in [2.75, 3.05) is 0 Å². The topological polar surface area (TPSA) is 38.9 Å². The average molecular weight is 228 g/mol. The van der Waals surface area contributed by atoms with Gasteiger partial charge in [0.05, 0.1) is 0 Å². The quantitative estimate of drug-likeness (QED) is 0.873. The van der Waals surface area contributed by atoms with Crippen LogP contribution >= 0.6 is 0 Å². The fraction of sp³-hybridized carbons (Fsp3) is 0.400. The number of nitrogens with two attached hydrogens (primary N) is 1. The largest absolute Gasteiger partial charge is 0.321 e. The van der Waals surface area contributed by atoms with E-state index in [9.17, 15) is 0 Å². The van der Waals surface area contributed by atoms with Crippen molar-refractivity contribution in [3.63, 3.8) is 0 Å². The van der Waals surface area contributed by atoms with E-state index in [1.54, 1.807) is 0 Å². The van der Waals surface area contributed by atoms with Gasteiger partial charge in [-0.2, -0.15) is 0 Å². The van der Waals surface area contributed by atoms with Gasteiger partial charge in [0.1, 0.15) is 0 Å². The molecule has 0 amide bonds.